The van der Waals surface area contributed by atoms with Crippen LogP contribution in [-0.4, -0.2) is 11.1 Å². The molecule has 70 valence electrons. The van der Waals surface area contributed by atoms with Gasteiger partial charge in [0.05, 0.1) is 5.97 Å². The maximum atomic E-state index is 10.6. The van der Waals surface area contributed by atoms with E-state index >= 15 is 0 Å². The smallest absolute Gasteiger partial charge is 0.545 e. The van der Waals surface area contributed by atoms with Crippen molar-refractivity contribution in [2.75, 3.05) is 0 Å². The zero-order valence-electron chi connectivity index (χ0n) is 8.57. The quantitative estimate of drug-likeness (QED) is 0.558. The first-order valence-corrected chi connectivity index (χ1v) is 4.06. The SMILES string of the molecule is CC(C)c1cc(O)ccc1C(=O)[O-].[Na+]. The fourth-order valence-electron chi connectivity index (χ4n) is 1.21. The van der Waals surface area contributed by atoms with E-state index < -0.39 is 5.97 Å². The average Bonchev–Trinajstić information content (AvgIpc) is 2.03. The van der Waals surface area contributed by atoms with Crippen LogP contribution in [0.3, 0.4) is 0 Å². The van der Waals surface area contributed by atoms with Crippen molar-refractivity contribution < 1.29 is 44.6 Å². The van der Waals surface area contributed by atoms with Gasteiger partial charge in [-0.25, -0.2) is 0 Å². The first-order valence-electron chi connectivity index (χ1n) is 4.06. The normalized spacial score (nSPS) is 9.64. The zero-order chi connectivity index (χ0) is 10.0. The van der Waals surface area contributed by atoms with Gasteiger partial charge in [0.15, 0.2) is 0 Å². The second kappa shape index (κ2) is 5.39. The van der Waals surface area contributed by atoms with Gasteiger partial charge in [-0.3, -0.25) is 0 Å². The molecule has 0 aliphatic heterocycles. The monoisotopic (exact) mass is 202 g/mol. The number of carboxylic acid groups (broad SMARTS) is 1. The molecule has 0 aliphatic rings. The van der Waals surface area contributed by atoms with Crippen LogP contribution < -0.4 is 34.7 Å². The first kappa shape index (κ1) is 13.5. The van der Waals surface area contributed by atoms with E-state index in [1.54, 1.807) is 0 Å². The predicted molar refractivity (Wildman–Crippen MR) is 46.5 cm³/mol. The zero-order valence-corrected chi connectivity index (χ0v) is 10.6. The maximum Gasteiger partial charge on any atom is 1.00 e. The number of carbonyl (C=O) groups is 1. The van der Waals surface area contributed by atoms with Crippen molar-refractivity contribution in [2.24, 2.45) is 0 Å². The van der Waals surface area contributed by atoms with Crippen LogP contribution in [-0.2, 0) is 0 Å². The molecule has 0 heterocycles. The molecule has 0 unspecified atom stereocenters. The van der Waals surface area contributed by atoms with E-state index in [1.807, 2.05) is 13.8 Å². The van der Waals surface area contributed by atoms with Gasteiger partial charge in [-0.05, 0) is 29.7 Å². The Hall–Kier alpha value is -0.510. The molecule has 1 rings (SSSR count). The summed E-state index contributed by atoms with van der Waals surface area (Å²) in [6.07, 6.45) is 0. The van der Waals surface area contributed by atoms with Crippen LogP contribution in [0.4, 0.5) is 0 Å². The van der Waals surface area contributed by atoms with Crippen LogP contribution in [0, 0.1) is 0 Å². The molecule has 0 aliphatic carbocycles. The van der Waals surface area contributed by atoms with E-state index in [0.717, 1.165) is 0 Å². The maximum absolute atomic E-state index is 10.6. The number of hydrogen-bond acceptors (Lipinski definition) is 3. The molecule has 14 heavy (non-hydrogen) atoms. The Morgan fingerprint density at radius 1 is 1.43 bits per heavy atom. The second-order valence-electron chi connectivity index (χ2n) is 3.21. The van der Waals surface area contributed by atoms with Crippen LogP contribution in [0.5, 0.6) is 5.75 Å². The van der Waals surface area contributed by atoms with E-state index in [9.17, 15) is 9.90 Å². The van der Waals surface area contributed by atoms with Crippen molar-refractivity contribution in [1.82, 2.24) is 0 Å². The summed E-state index contributed by atoms with van der Waals surface area (Å²) in [5.74, 6) is -1.07. The molecule has 1 N–H and O–H groups in total. The molecule has 0 bridgehead atoms. The number of aromatic hydroxyl groups is 1. The van der Waals surface area contributed by atoms with Gasteiger partial charge in [-0.2, -0.15) is 0 Å². The topological polar surface area (TPSA) is 60.4 Å². The third kappa shape index (κ3) is 3.01. The standard InChI is InChI=1S/C10H12O3.Na/c1-6(2)9-5-7(11)3-4-8(9)10(12)13;/h3-6,11H,1-2H3,(H,12,13);/q;+1/p-1. The summed E-state index contributed by atoms with van der Waals surface area (Å²) in [6.45, 7) is 3.72. The molecule has 0 atom stereocenters. The molecule has 3 nitrogen and oxygen atoms in total. The summed E-state index contributed by atoms with van der Waals surface area (Å²) in [5, 5.41) is 19.8. The van der Waals surface area contributed by atoms with Crippen molar-refractivity contribution in [3.05, 3.63) is 29.3 Å². The Morgan fingerprint density at radius 2 is 2.00 bits per heavy atom. The molecule has 0 fully saturated rings. The summed E-state index contributed by atoms with van der Waals surface area (Å²) < 4.78 is 0. The minimum absolute atomic E-state index is 0. The molecule has 4 heteroatoms. The fraction of sp³-hybridized carbons (Fsp3) is 0.300. The van der Waals surface area contributed by atoms with Crippen molar-refractivity contribution in [1.29, 1.82) is 0 Å². The minimum Gasteiger partial charge on any atom is -0.545 e. The van der Waals surface area contributed by atoms with E-state index in [-0.39, 0.29) is 46.8 Å². The van der Waals surface area contributed by atoms with Crippen molar-refractivity contribution in [2.45, 2.75) is 19.8 Å². The summed E-state index contributed by atoms with van der Waals surface area (Å²) in [5.41, 5.74) is 0.743. The van der Waals surface area contributed by atoms with Gasteiger partial charge >= 0.3 is 29.6 Å². The minimum atomic E-state index is -1.20. The van der Waals surface area contributed by atoms with E-state index in [2.05, 4.69) is 0 Å². The third-order valence-corrected chi connectivity index (χ3v) is 1.88. The number of phenolic OH excluding ortho intramolecular Hbond substituents is 1. The van der Waals surface area contributed by atoms with Gasteiger partial charge in [0.1, 0.15) is 5.75 Å². The molecule has 0 amide bonds. The fourth-order valence-corrected chi connectivity index (χ4v) is 1.21. The Morgan fingerprint density at radius 3 is 2.43 bits per heavy atom. The number of hydrogen-bond donors (Lipinski definition) is 1. The van der Waals surface area contributed by atoms with Crippen LogP contribution >= 0.6 is 0 Å². The molecular weight excluding hydrogens is 191 g/mol. The summed E-state index contributed by atoms with van der Waals surface area (Å²) in [4.78, 5) is 10.6. The molecule has 1 aromatic carbocycles. The number of carboxylic acids is 1. The van der Waals surface area contributed by atoms with Crippen LogP contribution in [0.2, 0.25) is 0 Å². The summed E-state index contributed by atoms with van der Waals surface area (Å²) in [7, 11) is 0. The predicted octanol–water partition coefficient (Wildman–Crippen LogP) is -2.12. The van der Waals surface area contributed by atoms with Crippen molar-refractivity contribution >= 4 is 5.97 Å². The average molecular weight is 202 g/mol. The molecular formula is C10H11NaO3. The third-order valence-electron chi connectivity index (χ3n) is 1.88. The Labute approximate surface area is 105 Å². The van der Waals surface area contributed by atoms with Gasteiger partial charge in [0.2, 0.25) is 0 Å². The van der Waals surface area contributed by atoms with E-state index in [4.69, 9.17) is 5.11 Å². The van der Waals surface area contributed by atoms with Gasteiger partial charge < -0.3 is 15.0 Å². The number of aromatic carboxylic acids is 1. The summed E-state index contributed by atoms with van der Waals surface area (Å²) >= 11 is 0. The van der Waals surface area contributed by atoms with Gasteiger partial charge in [-0.1, -0.05) is 13.8 Å². The number of rotatable bonds is 2. The molecule has 0 aromatic heterocycles. The molecule has 0 saturated heterocycles. The Balaban J connectivity index is 0.00000169. The van der Waals surface area contributed by atoms with Gasteiger partial charge in [0.25, 0.3) is 0 Å². The largest absolute Gasteiger partial charge is 1.00 e. The first-order chi connectivity index (χ1) is 6.02. The number of phenols is 1. The Kier molecular flexibility index (Phi) is 5.19. The number of benzene rings is 1. The van der Waals surface area contributed by atoms with E-state index in [0.29, 0.717) is 5.56 Å². The molecule has 1 aromatic rings. The van der Waals surface area contributed by atoms with Crippen LogP contribution in [0.15, 0.2) is 18.2 Å². The Bertz CT molecular complexity index is 334. The summed E-state index contributed by atoms with van der Waals surface area (Å²) in [6, 6.07) is 4.16. The molecule has 0 saturated carbocycles. The van der Waals surface area contributed by atoms with Crippen LogP contribution in [0.1, 0.15) is 35.7 Å². The van der Waals surface area contributed by atoms with Crippen molar-refractivity contribution in [3.8, 4) is 5.75 Å². The second-order valence-corrected chi connectivity index (χ2v) is 3.21. The van der Waals surface area contributed by atoms with Crippen molar-refractivity contribution in [3.63, 3.8) is 0 Å². The van der Waals surface area contributed by atoms with Gasteiger partial charge in [0, 0.05) is 5.56 Å². The molecule has 0 radical (unpaired) electrons. The van der Waals surface area contributed by atoms with E-state index in [1.165, 1.54) is 18.2 Å². The molecule has 0 spiro atoms. The van der Waals surface area contributed by atoms with Gasteiger partial charge in [-0.15, -0.1) is 0 Å². The number of carbonyl (C=O) groups excluding carboxylic acids is 1. The van der Waals surface area contributed by atoms with Crippen LogP contribution in [0.25, 0.3) is 0 Å².